The summed E-state index contributed by atoms with van der Waals surface area (Å²) in [6.45, 7) is 0. The van der Waals surface area contributed by atoms with Crippen molar-refractivity contribution < 1.29 is 18.0 Å². The molecule has 0 saturated heterocycles. The summed E-state index contributed by atoms with van der Waals surface area (Å²) >= 11 is 0.906. The summed E-state index contributed by atoms with van der Waals surface area (Å²) in [4.78, 5) is 32.3. The lowest BCUT2D eigenvalue weighted by molar-refractivity contribution is -0.113. The van der Waals surface area contributed by atoms with Crippen LogP contribution >= 0.6 is 11.8 Å². The largest absolute Gasteiger partial charge is 0.323 e. The fourth-order valence-corrected chi connectivity index (χ4v) is 3.40. The van der Waals surface area contributed by atoms with Crippen LogP contribution in [0.15, 0.2) is 58.5 Å². The second kappa shape index (κ2) is 8.03. The van der Waals surface area contributed by atoms with E-state index in [1.165, 1.54) is 28.8 Å². The summed E-state index contributed by atoms with van der Waals surface area (Å²) in [6.07, 6.45) is 0. The molecule has 0 aliphatic heterocycles. The van der Waals surface area contributed by atoms with Crippen molar-refractivity contribution in [3.63, 3.8) is 0 Å². The fourth-order valence-electron chi connectivity index (χ4n) is 2.65. The van der Waals surface area contributed by atoms with E-state index in [1.807, 2.05) is 0 Å². The summed E-state index contributed by atoms with van der Waals surface area (Å²) in [6, 6.07) is 9.77. The molecule has 4 aromatic rings. The van der Waals surface area contributed by atoms with E-state index >= 15 is 0 Å². The first-order chi connectivity index (χ1) is 14.4. The van der Waals surface area contributed by atoms with Crippen LogP contribution in [0.3, 0.4) is 0 Å². The number of nitrogens with zero attached hydrogens (tertiary/aromatic N) is 3. The number of aromatic amines is 1. The molecule has 0 radical (unpaired) electrons. The van der Waals surface area contributed by atoms with Crippen LogP contribution in [0.5, 0.6) is 0 Å². The molecule has 2 heterocycles. The van der Waals surface area contributed by atoms with E-state index in [-0.39, 0.29) is 33.6 Å². The monoisotopic (exact) mass is 431 g/mol. The van der Waals surface area contributed by atoms with Crippen molar-refractivity contribution in [3.8, 4) is 11.4 Å². The fraction of sp³-hybridized carbons (Fsp3) is 0.0526. The Morgan fingerprint density at radius 2 is 1.87 bits per heavy atom. The number of carbonyl (C=O) groups is 1. The molecule has 7 nitrogen and oxygen atoms in total. The molecule has 2 N–H and O–H groups in total. The van der Waals surface area contributed by atoms with Gasteiger partial charge in [0.05, 0.1) is 17.0 Å². The molecule has 0 spiro atoms. The van der Waals surface area contributed by atoms with E-state index in [1.54, 1.807) is 6.07 Å². The Bertz CT molecular complexity index is 1320. The van der Waals surface area contributed by atoms with E-state index in [9.17, 15) is 22.8 Å². The maximum atomic E-state index is 14.1. The van der Waals surface area contributed by atoms with Gasteiger partial charge in [0.25, 0.3) is 5.56 Å². The van der Waals surface area contributed by atoms with Crippen LogP contribution in [0.25, 0.3) is 17.0 Å². The number of carbonyl (C=O) groups excluding carboxylic acids is 1. The predicted molar refractivity (Wildman–Crippen MR) is 105 cm³/mol. The van der Waals surface area contributed by atoms with Gasteiger partial charge in [-0.3, -0.25) is 14.7 Å². The van der Waals surface area contributed by atoms with Crippen LogP contribution in [0, 0.1) is 17.5 Å². The van der Waals surface area contributed by atoms with E-state index in [4.69, 9.17) is 0 Å². The van der Waals surface area contributed by atoms with E-state index in [0.717, 1.165) is 30.0 Å². The van der Waals surface area contributed by atoms with E-state index in [0.29, 0.717) is 0 Å². The average molecular weight is 431 g/mol. The standard InChI is InChI=1S/C19H12F3N5O2S/c20-10-5-6-13(22)14(7-10)23-17(29)9-30-19-25-18(11-3-1-2-4-12(11)21)24-15-8-16(28)26-27(15)19/h1-8H,9H2,(H,23,29)(H,26,28). The van der Waals surface area contributed by atoms with Gasteiger partial charge in [0.15, 0.2) is 16.6 Å². The lowest BCUT2D eigenvalue weighted by Gasteiger charge is -2.09. The molecule has 0 fully saturated rings. The highest BCUT2D eigenvalue weighted by atomic mass is 32.2. The minimum Gasteiger partial charge on any atom is -0.323 e. The van der Waals surface area contributed by atoms with Gasteiger partial charge in [-0.15, -0.1) is 0 Å². The van der Waals surface area contributed by atoms with Gasteiger partial charge in [0.2, 0.25) is 5.91 Å². The third-order valence-electron chi connectivity index (χ3n) is 3.97. The molecular weight excluding hydrogens is 419 g/mol. The van der Waals surface area contributed by atoms with Crippen molar-refractivity contribution in [3.05, 3.63) is 76.3 Å². The Morgan fingerprint density at radius 3 is 2.67 bits per heavy atom. The third-order valence-corrected chi connectivity index (χ3v) is 4.91. The summed E-state index contributed by atoms with van der Waals surface area (Å²) in [7, 11) is 0. The molecule has 0 bridgehead atoms. The molecule has 1 amide bonds. The molecule has 4 rings (SSSR count). The molecule has 2 aromatic carbocycles. The molecule has 0 saturated carbocycles. The highest BCUT2D eigenvalue weighted by molar-refractivity contribution is 7.99. The molecule has 11 heteroatoms. The molecule has 2 aromatic heterocycles. The summed E-state index contributed by atoms with van der Waals surface area (Å²) in [5, 5.41) is 4.92. The number of rotatable bonds is 5. The zero-order valence-electron chi connectivity index (χ0n) is 15.0. The number of aromatic nitrogens is 4. The zero-order chi connectivity index (χ0) is 21.3. The first-order valence-electron chi connectivity index (χ1n) is 8.53. The van der Waals surface area contributed by atoms with Crippen LogP contribution in [0.4, 0.5) is 18.9 Å². The highest BCUT2D eigenvalue weighted by Gasteiger charge is 2.16. The lowest BCUT2D eigenvalue weighted by atomic mass is 10.2. The Balaban J connectivity index is 1.62. The van der Waals surface area contributed by atoms with E-state index in [2.05, 4.69) is 20.4 Å². The molecular formula is C19H12F3N5O2S. The highest BCUT2D eigenvalue weighted by Crippen LogP contribution is 2.24. The molecule has 0 aliphatic carbocycles. The maximum absolute atomic E-state index is 14.1. The molecule has 0 unspecified atom stereocenters. The van der Waals surface area contributed by atoms with Gasteiger partial charge in [-0.05, 0) is 24.3 Å². The molecule has 30 heavy (non-hydrogen) atoms. The minimum atomic E-state index is -0.782. The first kappa shape index (κ1) is 19.7. The topological polar surface area (TPSA) is 92.2 Å². The number of thioether (sulfide) groups is 1. The number of hydrogen-bond acceptors (Lipinski definition) is 5. The van der Waals surface area contributed by atoms with Crippen LogP contribution in [-0.4, -0.2) is 31.2 Å². The number of nitrogens with one attached hydrogen (secondary N) is 2. The smallest absolute Gasteiger partial charge is 0.266 e. The van der Waals surface area contributed by atoms with Gasteiger partial charge in [-0.2, -0.15) is 0 Å². The Hall–Kier alpha value is -3.60. The van der Waals surface area contributed by atoms with Gasteiger partial charge in [-0.1, -0.05) is 23.9 Å². The summed E-state index contributed by atoms with van der Waals surface area (Å²) in [5.74, 6) is -2.86. The van der Waals surface area contributed by atoms with Crippen LogP contribution in [0.2, 0.25) is 0 Å². The van der Waals surface area contributed by atoms with Crippen molar-refractivity contribution in [2.75, 3.05) is 11.1 Å². The van der Waals surface area contributed by atoms with E-state index < -0.39 is 28.9 Å². The molecule has 0 atom stereocenters. The normalized spacial score (nSPS) is 11.0. The van der Waals surface area contributed by atoms with Gasteiger partial charge in [0, 0.05) is 12.1 Å². The van der Waals surface area contributed by atoms with Crippen LogP contribution < -0.4 is 10.9 Å². The minimum absolute atomic E-state index is 0.0335. The number of halogens is 3. The predicted octanol–water partition coefficient (Wildman–Crippen LogP) is 3.23. The second-order valence-electron chi connectivity index (χ2n) is 6.08. The number of benzene rings is 2. The quantitative estimate of drug-likeness (QED) is 0.474. The number of fused-ring (bicyclic) bond motifs is 1. The number of hydrogen-bond donors (Lipinski definition) is 2. The van der Waals surface area contributed by atoms with Crippen molar-refractivity contribution in [2.45, 2.75) is 5.16 Å². The molecule has 152 valence electrons. The number of anilines is 1. The summed E-state index contributed by atoms with van der Waals surface area (Å²) < 4.78 is 42.4. The van der Waals surface area contributed by atoms with Crippen LogP contribution in [-0.2, 0) is 4.79 Å². The number of H-pyrrole nitrogens is 1. The molecule has 0 aliphatic rings. The SMILES string of the molecule is O=C(CSc1nc(-c2ccccc2F)nc2cc(=O)[nH]n12)Nc1cc(F)ccc1F. The number of amides is 1. The Labute approximate surface area is 171 Å². The lowest BCUT2D eigenvalue weighted by Crippen LogP contribution is -2.16. The van der Waals surface area contributed by atoms with Gasteiger partial charge in [-0.25, -0.2) is 27.7 Å². The first-order valence-corrected chi connectivity index (χ1v) is 9.52. The van der Waals surface area contributed by atoms with Gasteiger partial charge in [0.1, 0.15) is 17.5 Å². The van der Waals surface area contributed by atoms with Crippen molar-refractivity contribution in [2.24, 2.45) is 0 Å². The Kier molecular flexibility index (Phi) is 5.27. The van der Waals surface area contributed by atoms with Crippen molar-refractivity contribution >= 4 is 29.0 Å². The van der Waals surface area contributed by atoms with Crippen LogP contribution in [0.1, 0.15) is 0 Å². The third kappa shape index (κ3) is 4.06. The Morgan fingerprint density at radius 1 is 1.07 bits per heavy atom. The van der Waals surface area contributed by atoms with Gasteiger partial charge >= 0.3 is 0 Å². The van der Waals surface area contributed by atoms with Gasteiger partial charge < -0.3 is 5.32 Å². The maximum Gasteiger partial charge on any atom is 0.266 e. The zero-order valence-corrected chi connectivity index (χ0v) is 15.8. The average Bonchev–Trinajstić information content (AvgIpc) is 3.09. The summed E-state index contributed by atoms with van der Waals surface area (Å²) in [5.41, 5.74) is -0.438. The van der Waals surface area contributed by atoms with Crippen molar-refractivity contribution in [1.82, 2.24) is 19.6 Å². The second-order valence-corrected chi connectivity index (χ2v) is 7.03. The van der Waals surface area contributed by atoms with Crippen molar-refractivity contribution in [1.29, 1.82) is 0 Å².